The van der Waals surface area contributed by atoms with Crippen LogP contribution in [0.15, 0.2) is 24.3 Å². The molecule has 0 unspecified atom stereocenters. The highest BCUT2D eigenvalue weighted by Crippen LogP contribution is 2.12. The molecular weight excluding hydrogens is 172 g/mol. The molecule has 0 aliphatic rings. The summed E-state index contributed by atoms with van der Waals surface area (Å²) in [5.41, 5.74) is 1.28. The summed E-state index contributed by atoms with van der Waals surface area (Å²) in [6.45, 7) is 7.40. The standard InChI is InChI=1S/C13H20O/c1-11(2)5-4-10-14-13-8-6-12(3)7-9-13/h6-9,11H,4-5,10H2,1-3H3. The molecule has 78 valence electrons. The minimum Gasteiger partial charge on any atom is -0.494 e. The van der Waals surface area contributed by atoms with Gasteiger partial charge in [0.2, 0.25) is 0 Å². The molecule has 1 aromatic carbocycles. The lowest BCUT2D eigenvalue weighted by molar-refractivity contribution is 0.297. The van der Waals surface area contributed by atoms with E-state index in [2.05, 4.69) is 32.9 Å². The van der Waals surface area contributed by atoms with Crippen LogP contribution < -0.4 is 4.74 Å². The average molecular weight is 192 g/mol. The van der Waals surface area contributed by atoms with E-state index in [-0.39, 0.29) is 0 Å². The Balaban J connectivity index is 2.21. The average Bonchev–Trinajstić information content (AvgIpc) is 2.15. The summed E-state index contributed by atoms with van der Waals surface area (Å²) in [5, 5.41) is 0. The zero-order valence-electron chi connectivity index (χ0n) is 9.42. The first-order chi connectivity index (χ1) is 6.68. The molecule has 0 aliphatic carbocycles. The lowest BCUT2D eigenvalue weighted by atomic mass is 10.1. The monoisotopic (exact) mass is 192 g/mol. The maximum atomic E-state index is 5.61. The summed E-state index contributed by atoms with van der Waals surface area (Å²) in [4.78, 5) is 0. The lowest BCUT2D eigenvalue weighted by Gasteiger charge is -2.07. The van der Waals surface area contributed by atoms with Gasteiger partial charge in [0.1, 0.15) is 5.75 Å². The normalized spacial score (nSPS) is 10.6. The van der Waals surface area contributed by atoms with Crippen LogP contribution in [-0.2, 0) is 0 Å². The maximum absolute atomic E-state index is 5.61. The zero-order valence-corrected chi connectivity index (χ0v) is 9.42. The highest BCUT2D eigenvalue weighted by molar-refractivity contribution is 5.26. The fraction of sp³-hybridized carbons (Fsp3) is 0.538. The summed E-state index contributed by atoms with van der Waals surface area (Å²) < 4.78 is 5.61. The third kappa shape index (κ3) is 4.31. The van der Waals surface area contributed by atoms with Crippen molar-refractivity contribution < 1.29 is 4.74 Å². The fourth-order valence-corrected chi connectivity index (χ4v) is 1.32. The van der Waals surface area contributed by atoms with Crippen LogP contribution in [0.3, 0.4) is 0 Å². The van der Waals surface area contributed by atoms with Crippen LogP contribution in [0.5, 0.6) is 5.75 Å². The molecule has 0 bridgehead atoms. The van der Waals surface area contributed by atoms with Gasteiger partial charge in [-0.05, 0) is 37.8 Å². The van der Waals surface area contributed by atoms with Gasteiger partial charge in [-0.15, -0.1) is 0 Å². The maximum Gasteiger partial charge on any atom is 0.119 e. The van der Waals surface area contributed by atoms with E-state index in [0.29, 0.717) is 0 Å². The van der Waals surface area contributed by atoms with Crippen molar-refractivity contribution in [3.63, 3.8) is 0 Å². The molecule has 0 saturated heterocycles. The van der Waals surface area contributed by atoms with Crippen LogP contribution in [0.1, 0.15) is 32.3 Å². The molecule has 1 nitrogen and oxygen atoms in total. The number of aryl methyl sites for hydroxylation is 1. The predicted octanol–water partition coefficient (Wildman–Crippen LogP) is 3.81. The van der Waals surface area contributed by atoms with E-state index in [4.69, 9.17) is 4.74 Å². The van der Waals surface area contributed by atoms with E-state index in [1.807, 2.05) is 12.1 Å². The summed E-state index contributed by atoms with van der Waals surface area (Å²) in [6, 6.07) is 8.23. The number of ether oxygens (including phenoxy) is 1. The van der Waals surface area contributed by atoms with E-state index in [0.717, 1.165) is 24.7 Å². The fourth-order valence-electron chi connectivity index (χ4n) is 1.32. The topological polar surface area (TPSA) is 9.23 Å². The Hall–Kier alpha value is -0.980. The molecule has 0 heterocycles. The Bertz CT molecular complexity index is 248. The molecular formula is C13H20O. The summed E-state index contributed by atoms with van der Waals surface area (Å²) in [7, 11) is 0. The van der Waals surface area contributed by atoms with E-state index >= 15 is 0 Å². The van der Waals surface area contributed by atoms with Crippen LogP contribution in [0.25, 0.3) is 0 Å². The summed E-state index contributed by atoms with van der Waals surface area (Å²) in [6.07, 6.45) is 2.39. The van der Waals surface area contributed by atoms with E-state index in [9.17, 15) is 0 Å². The highest BCUT2D eigenvalue weighted by Gasteiger charge is 1.95. The van der Waals surface area contributed by atoms with Crippen molar-refractivity contribution >= 4 is 0 Å². The number of hydrogen-bond donors (Lipinski definition) is 0. The van der Waals surface area contributed by atoms with Crippen molar-refractivity contribution in [3.05, 3.63) is 29.8 Å². The first kappa shape index (κ1) is 11.1. The van der Waals surface area contributed by atoms with Gasteiger partial charge in [0, 0.05) is 0 Å². The van der Waals surface area contributed by atoms with Crippen molar-refractivity contribution in [1.82, 2.24) is 0 Å². The van der Waals surface area contributed by atoms with Crippen molar-refractivity contribution in [2.45, 2.75) is 33.6 Å². The van der Waals surface area contributed by atoms with Gasteiger partial charge in [0.05, 0.1) is 6.61 Å². The summed E-state index contributed by atoms with van der Waals surface area (Å²) in [5.74, 6) is 1.76. The second-order valence-electron chi connectivity index (χ2n) is 4.20. The minimum absolute atomic E-state index is 0.775. The van der Waals surface area contributed by atoms with Crippen LogP contribution >= 0.6 is 0 Å². The molecule has 0 radical (unpaired) electrons. The highest BCUT2D eigenvalue weighted by atomic mass is 16.5. The van der Waals surface area contributed by atoms with Crippen LogP contribution in [0, 0.1) is 12.8 Å². The van der Waals surface area contributed by atoms with E-state index in [1.165, 1.54) is 12.0 Å². The van der Waals surface area contributed by atoms with Gasteiger partial charge >= 0.3 is 0 Å². The molecule has 0 fully saturated rings. The molecule has 0 spiro atoms. The Morgan fingerprint density at radius 2 is 1.79 bits per heavy atom. The van der Waals surface area contributed by atoms with Crippen molar-refractivity contribution in [2.24, 2.45) is 5.92 Å². The second-order valence-corrected chi connectivity index (χ2v) is 4.20. The predicted molar refractivity (Wildman–Crippen MR) is 60.7 cm³/mol. The Morgan fingerprint density at radius 3 is 2.36 bits per heavy atom. The third-order valence-corrected chi connectivity index (χ3v) is 2.22. The van der Waals surface area contributed by atoms with Gasteiger partial charge in [-0.25, -0.2) is 0 Å². The molecule has 1 heteroatoms. The van der Waals surface area contributed by atoms with Crippen molar-refractivity contribution in [2.75, 3.05) is 6.61 Å². The molecule has 0 atom stereocenters. The lowest BCUT2D eigenvalue weighted by Crippen LogP contribution is -1.99. The van der Waals surface area contributed by atoms with Gasteiger partial charge < -0.3 is 4.74 Å². The molecule has 0 N–H and O–H groups in total. The number of benzene rings is 1. The van der Waals surface area contributed by atoms with Crippen LogP contribution in [-0.4, -0.2) is 6.61 Å². The molecule has 0 aliphatic heterocycles. The van der Waals surface area contributed by atoms with Crippen LogP contribution in [0.2, 0.25) is 0 Å². The molecule has 1 rings (SSSR count). The minimum atomic E-state index is 0.775. The van der Waals surface area contributed by atoms with E-state index < -0.39 is 0 Å². The molecule has 0 amide bonds. The van der Waals surface area contributed by atoms with Crippen molar-refractivity contribution in [1.29, 1.82) is 0 Å². The molecule has 0 saturated carbocycles. The quantitative estimate of drug-likeness (QED) is 0.645. The Labute approximate surface area is 87.1 Å². The smallest absolute Gasteiger partial charge is 0.119 e. The molecule has 1 aromatic rings. The van der Waals surface area contributed by atoms with Gasteiger partial charge in [-0.2, -0.15) is 0 Å². The second kappa shape index (κ2) is 5.69. The zero-order chi connectivity index (χ0) is 10.4. The van der Waals surface area contributed by atoms with Gasteiger partial charge in [0.25, 0.3) is 0 Å². The van der Waals surface area contributed by atoms with E-state index in [1.54, 1.807) is 0 Å². The van der Waals surface area contributed by atoms with Crippen molar-refractivity contribution in [3.8, 4) is 5.75 Å². The van der Waals surface area contributed by atoms with Gasteiger partial charge in [0.15, 0.2) is 0 Å². The summed E-state index contributed by atoms with van der Waals surface area (Å²) >= 11 is 0. The van der Waals surface area contributed by atoms with Gasteiger partial charge in [-0.3, -0.25) is 0 Å². The number of rotatable bonds is 5. The third-order valence-electron chi connectivity index (χ3n) is 2.22. The molecule has 14 heavy (non-hydrogen) atoms. The van der Waals surface area contributed by atoms with Crippen LogP contribution in [0.4, 0.5) is 0 Å². The first-order valence-electron chi connectivity index (χ1n) is 5.38. The Morgan fingerprint density at radius 1 is 1.14 bits per heavy atom. The Kier molecular flexibility index (Phi) is 4.51. The molecule has 0 aromatic heterocycles. The van der Waals surface area contributed by atoms with Gasteiger partial charge in [-0.1, -0.05) is 31.5 Å². The largest absolute Gasteiger partial charge is 0.494 e. The SMILES string of the molecule is Cc1ccc(OCCCC(C)C)cc1. The first-order valence-corrected chi connectivity index (χ1v) is 5.38. The number of hydrogen-bond acceptors (Lipinski definition) is 1.